The monoisotopic (exact) mass is 398 g/mol. The van der Waals surface area contributed by atoms with Gasteiger partial charge in [-0.1, -0.05) is 23.9 Å². The maximum Gasteiger partial charge on any atom is 0.277 e. The molecule has 2 heterocycles. The summed E-state index contributed by atoms with van der Waals surface area (Å²) in [4.78, 5) is 19.5. The number of nitrogens with zero attached hydrogens (tertiary/aromatic N) is 3. The number of aromatic nitrogens is 4. The van der Waals surface area contributed by atoms with E-state index in [0.29, 0.717) is 33.6 Å². The molecule has 2 aromatic carbocycles. The van der Waals surface area contributed by atoms with E-state index in [4.69, 9.17) is 9.15 Å². The largest absolute Gasteiger partial charge is 0.484 e. The molecule has 0 radical (unpaired) electrons. The highest BCUT2D eigenvalue weighted by molar-refractivity contribution is 7.99. The van der Waals surface area contributed by atoms with E-state index in [1.54, 1.807) is 18.2 Å². The molecule has 1 N–H and O–H groups in total. The second-order valence-electron chi connectivity index (χ2n) is 5.93. The third-order valence-corrected chi connectivity index (χ3v) is 4.86. The molecule has 28 heavy (non-hydrogen) atoms. The molecule has 0 amide bonds. The average Bonchev–Trinajstić information content (AvgIpc) is 3.15. The molecule has 142 valence electrons. The maximum absolute atomic E-state index is 12.9. The van der Waals surface area contributed by atoms with Crippen molar-refractivity contribution in [2.75, 3.05) is 0 Å². The first-order chi connectivity index (χ1) is 13.6. The van der Waals surface area contributed by atoms with Crippen molar-refractivity contribution in [3.63, 3.8) is 0 Å². The van der Waals surface area contributed by atoms with Crippen molar-refractivity contribution in [1.29, 1.82) is 0 Å². The van der Waals surface area contributed by atoms with Gasteiger partial charge >= 0.3 is 0 Å². The lowest BCUT2D eigenvalue weighted by Crippen LogP contribution is -2.12. The predicted octanol–water partition coefficient (Wildman–Crippen LogP) is 3.88. The quantitative estimate of drug-likeness (QED) is 0.493. The number of ether oxygens (including phenoxy) is 1. The maximum atomic E-state index is 12.9. The number of halogens is 1. The zero-order valence-corrected chi connectivity index (χ0v) is 15.6. The number of para-hydroxylation sites is 1. The zero-order valence-electron chi connectivity index (χ0n) is 14.8. The third kappa shape index (κ3) is 4.04. The fraction of sp³-hybridized carbons (Fsp3) is 0.158. The Labute approximate surface area is 163 Å². The van der Waals surface area contributed by atoms with Crippen molar-refractivity contribution in [3.05, 3.63) is 76.4 Å². The lowest BCUT2D eigenvalue weighted by molar-refractivity contribution is 0.252. The minimum atomic E-state index is -0.335. The smallest absolute Gasteiger partial charge is 0.277 e. The number of hydrogen-bond acceptors (Lipinski definition) is 7. The number of H-pyrrole nitrogens is 1. The molecule has 4 aromatic rings. The molecule has 0 fully saturated rings. The molecule has 0 saturated heterocycles. The van der Waals surface area contributed by atoms with Gasteiger partial charge in [0.25, 0.3) is 16.7 Å². The highest BCUT2D eigenvalue weighted by Crippen LogP contribution is 2.32. The number of thioether (sulfide) groups is 1. The van der Waals surface area contributed by atoms with Crippen LogP contribution in [-0.4, -0.2) is 20.2 Å². The van der Waals surface area contributed by atoms with Crippen molar-refractivity contribution in [2.24, 2.45) is 0 Å². The van der Waals surface area contributed by atoms with E-state index in [2.05, 4.69) is 20.2 Å². The normalized spacial score (nSPS) is 12.2. The summed E-state index contributed by atoms with van der Waals surface area (Å²) in [5.74, 6) is 0.980. The molecule has 4 rings (SSSR count). The van der Waals surface area contributed by atoms with Crippen LogP contribution >= 0.6 is 11.8 Å². The molecule has 0 spiro atoms. The fourth-order valence-electron chi connectivity index (χ4n) is 2.52. The SMILES string of the molecule is C[C@H](Sc1nnc(COc2ccc(F)cc2)o1)c1nc2ccccc2c(=O)[nH]1. The summed E-state index contributed by atoms with van der Waals surface area (Å²) >= 11 is 1.28. The number of nitrogens with one attached hydrogen (secondary N) is 1. The molecule has 0 bridgehead atoms. The summed E-state index contributed by atoms with van der Waals surface area (Å²) in [6, 6.07) is 12.8. The van der Waals surface area contributed by atoms with Crippen molar-refractivity contribution < 1.29 is 13.5 Å². The first-order valence-corrected chi connectivity index (χ1v) is 9.33. The molecule has 0 saturated carbocycles. The van der Waals surface area contributed by atoms with E-state index in [1.807, 2.05) is 13.0 Å². The van der Waals surface area contributed by atoms with Crippen LogP contribution < -0.4 is 10.3 Å². The van der Waals surface area contributed by atoms with Gasteiger partial charge in [0.15, 0.2) is 6.61 Å². The van der Waals surface area contributed by atoms with Crippen LogP contribution in [0.25, 0.3) is 10.9 Å². The van der Waals surface area contributed by atoms with E-state index < -0.39 is 0 Å². The topological polar surface area (TPSA) is 93.9 Å². The molecule has 0 aliphatic heterocycles. The number of fused-ring (bicyclic) bond motifs is 1. The lowest BCUT2D eigenvalue weighted by Gasteiger charge is -2.08. The van der Waals surface area contributed by atoms with Crippen LogP contribution in [0.15, 0.2) is 63.0 Å². The van der Waals surface area contributed by atoms with Crippen LogP contribution in [0.5, 0.6) is 5.75 Å². The van der Waals surface area contributed by atoms with Crippen molar-refractivity contribution in [1.82, 2.24) is 20.2 Å². The predicted molar refractivity (Wildman–Crippen MR) is 102 cm³/mol. The fourth-order valence-corrected chi connectivity index (χ4v) is 3.28. The van der Waals surface area contributed by atoms with Gasteiger partial charge in [0.1, 0.15) is 17.4 Å². The van der Waals surface area contributed by atoms with Gasteiger partial charge in [0, 0.05) is 0 Å². The average molecular weight is 398 g/mol. The summed E-state index contributed by atoms with van der Waals surface area (Å²) in [6.07, 6.45) is 0. The Balaban J connectivity index is 1.43. The highest BCUT2D eigenvalue weighted by atomic mass is 32.2. The molecule has 0 aliphatic carbocycles. The van der Waals surface area contributed by atoms with Crippen LogP contribution in [-0.2, 0) is 6.61 Å². The molecule has 2 aromatic heterocycles. The van der Waals surface area contributed by atoms with Gasteiger partial charge in [-0.2, -0.15) is 0 Å². The van der Waals surface area contributed by atoms with Gasteiger partial charge < -0.3 is 14.1 Å². The Hall–Kier alpha value is -3.20. The minimum absolute atomic E-state index is 0.0681. The van der Waals surface area contributed by atoms with Gasteiger partial charge in [0.05, 0.1) is 16.2 Å². The van der Waals surface area contributed by atoms with Crippen LogP contribution in [0.4, 0.5) is 4.39 Å². The van der Waals surface area contributed by atoms with Crippen LogP contribution in [0.3, 0.4) is 0 Å². The summed E-state index contributed by atoms with van der Waals surface area (Å²) in [7, 11) is 0. The number of rotatable bonds is 6. The molecule has 7 nitrogen and oxygen atoms in total. The van der Waals surface area contributed by atoms with Gasteiger partial charge in [-0.3, -0.25) is 4.79 Å². The molecule has 0 unspecified atom stereocenters. The van der Waals surface area contributed by atoms with Crippen molar-refractivity contribution >= 4 is 22.7 Å². The third-order valence-electron chi connectivity index (χ3n) is 3.92. The van der Waals surface area contributed by atoms with E-state index in [0.717, 1.165) is 0 Å². The number of hydrogen-bond donors (Lipinski definition) is 1. The van der Waals surface area contributed by atoms with Crippen LogP contribution in [0.1, 0.15) is 23.9 Å². The molecular formula is C19H15FN4O3S. The Morgan fingerprint density at radius 3 is 2.79 bits per heavy atom. The Bertz CT molecular complexity index is 1160. The standard InChI is InChI=1S/C19H15FN4O3S/c1-11(17-21-15-5-3-2-4-14(15)18(25)22-17)28-19-24-23-16(27-19)10-26-13-8-6-12(20)7-9-13/h2-9,11H,10H2,1H3,(H,21,22,25)/t11-/m0/s1. The van der Waals surface area contributed by atoms with E-state index >= 15 is 0 Å². The first kappa shape index (κ1) is 18.2. The number of aromatic amines is 1. The number of benzene rings is 2. The van der Waals surface area contributed by atoms with Crippen LogP contribution in [0, 0.1) is 5.82 Å². The Kier molecular flexibility index (Phi) is 5.07. The van der Waals surface area contributed by atoms with Gasteiger partial charge in [-0.05, 0) is 43.3 Å². The minimum Gasteiger partial charge on any atom is -0.484 e. The van der Waals surface area contributed by atoms with Crippen molar-refractivity contribution in [2.45, 2.75) is 24.0 Å². The Morgan fingerprint density at radius 1 is 1.18 bits per heavy atom. The van der Waals surface area contributed by atoms with Gasteiger partial charge in [-0.15, -0.1) is 10.2 Å². The van der Waals surface area contributed by atoms with Gasteiger partial charge in [-0.25, -0.2) is 9.37 Å². The molecule has 9 heteroatoms. The molecule has 0 aliphatic rings. The molecule has 1 atom stereocenters. The van der Waals surface area contributed by atoms with Crippen LogP contribution in [0.2, 0.25) is 0 Å². The second-order valence-corrected chi connectivity index (χ2v) is 7.22. The summed E-state index contributed by atoms with van der Waals surface area (Å²) in [5, 5.41) is 8.59. The summed E-state index contributed by atoms with van der Waals surface area (Å²) in [6.45, 7) is 1.95. The first-order valence-electron chi connectivity index (χ1n) is 8.45. The summed E-state index contributed by atoms with van der Waals surface area (Å²) < 4.78 is 23.9. The molecular weight excluding hydrogens is 383 g/mol. The zero-order chi connectivity index (χ0) is 19.5. The lowest BCUT2D eigenvalue weighted by atomic mass is 10.2. The van der Waals surface area contributed by atoms with E-state index in [1.165, 1.54) is 36.0 Å². The van der Waals surface area contributed by atoms with E-state index in [-0.39, 0.29) is 23.2 Å². The summed E-state index contributed by atoms with van der Waals surface area (Å²) in [5.41, 5.74) is 0.444. The second kappa shape index (κ2) is 7.81. The van der Waals surface area contributed by atoms with Gasteiger partial charge in [0.2, 0.25) is 0 Å². The van der Waals surface area contributed by atoms with E-state index in [9.17, 15) is 9.18 Å². The highest BCUT2D eigenvalue weighted by Gasteiger charge is 2.16. The van der Waals surface area contributed by atoms with Crippen molar-refractivity contribution in [3.8, 4) is 5.75 Å². The Morgan fingerprint density at radius 2 is 1.96 bits per heavy atom.